The normalized spacial score (nSPS) is 10.1. The fourth-order valence-electron chi connectivity index (χ4n) is 1.33. The van der Waals surface area contributed by atoms with E-state index in [4.69, 9.17) is 5.26 Å². The first-order valence-electron chi connectivity index (χ1n) is 4.58. The van der Waals surface area contributed by atoms with Crippen molar-refractivity contribution in [3.05, 3.63) is 40.4 Å². The van der Waals surface area contributed by atoms with E-state index in [9.17, 15) is 4.39 Å². The van der Waals surface area contributed by atoms with Crippen LogP contribution in [0.1, 0.15) is 5.69 Å². The van der Waals surface area contributed by atoms with Crippen LogP contribution >= 0.6 is 15.9 Å². The summed E-state index contributed by atoms with van der Waals surface area (Å²) < 4.78 is 13.3. The van der Waals surface area contributed by atoms with E-state index in [1.54, 1.807) is 12.1 Å². The Morgan fingerprint density at radius 1 is 1.38 bits per heavy atom. The maximum Gasteiger partial charge on any atom is 0.138 e. The van der Waals surface area contributed by atoms with Gasteiger partial charge in [0, 0.05) is 5.56 Å². The predicted octanol–water partition coefficient (Wildman–Crippen LogP) is 3.04. The molecule has 5 heteroatoms. The number of H-pyrrole nitrogens is 1. The van der Waals surface area contributed by atoms with Gasteiger partial charge in [-0.1, -0.05) is 0 Å². The molecule has 0 saturated carbocycles. The Bertz CT molecular complexity index is 539. The number of aromatic amines is 1. The van der Waals surface area contributed by atoms with Gasteiger partial charge in [0.2, 0.25) is 0 Å². The van der Waals surface area contributed by atoms with Crippen LogP contribution in [0, 0.1) is 17.1 Å². The molecule has 16 heavy (non-hydrogen) atoms. The van der Waals surface area contributed by atoms with Gasteiger partial charge in [0.15, 0.2) is 0 Å². The summed E-state index contributed by atoms with van der Waals surface area (Å²) in [4.78, 5) is 7.23. The van der Waals surface area contributed by atoms with Crippen molar-refractivity contribution in [3.63, 3.8) is 0 Å². The third-order valence-corrected chi connectivity index (χ3v) is 2.76. The zero-order chi connectivity index (χ0) is 11.5. The lowest BCUT2D eigenvalue weighted by Gasteiger charge is -1.95. The monoisotopic (exact) mass is 279 g/mol. The lowest BCUT2D eigenvalue weighted by Crippen LogP contribution is -1.83. The molecule has 0 spiro atoms. The number of hydrogen-bond acceptors (Lipinski definition) is 2. The molecule has 1 heterocycles. The van der Waals surface area contributed by atoms with E-state index in [1.165, 1.54) is 12.1 Å². The number of hydrogen-bond donors (Lipinski definition) is 1. The Morgan fingerprint density at radius 3 is 2.69 bits per heavy atom. The minimum Gasteiger partial charge on any atom is -0.340 e. The van der Waals surface area contributed by atoms with Crippen LogP contribution < -0.4 is 0 Å². The van der Waals surface area contributed by atoms with Crippen molar-refractivity contribution in [1.29, 1.82) is 5.26 Å². The van der Waals surface area contributed by atoms with Gasteiger partial charge in [-0.25, -0.2) is 9.37 Å². The molecule has 2 rings (SSSR count). The standard InChI is InChI=1S/C11H7BrFN3/c12-10-9(5-6-14)15-11(16-10)7-1-3-8(13)4-2-7/h1-4H,5H2,(H,15,16). The molecule has 0 saturated heterocycles. The van der Waals surface area contributed by atoms with Gasteiger partial charge in [-0.2, -0.15) is 5.26 Å². The molecule has 0 unspecified atom stereocenters. The molecule has 0 bridgehead atoms. The highest BCUT2D eigenvalue weighted by molar-refractivity contribution is 9.10. The molecular weight excluding hydrogens is 273 g/mol. The Morgan fingerprint density at radius 2 is 2.06 bits per heavy atom. The maximum absolute atomic E-state index is 12.7. The quantitative estimate of drug-likeness (QED) is 0.919. The molecule has 2 aromatic rings. The van der Waals surface area contributed by atoms with Crippen molar-refractivity contribution in [1.82, 2.24) is 9.97 Å². The summed E-state index contributed by atoms with van der Waals surface area (Å²) in [5.41, 5.74) is 1.51. The van der Waals surface area contributed by atoms with Gasteiger partial charge in [-0.15, -0.1) is 0 Å². The van der Waals surface area contributed by atoms with Crippen LogP contribution in [-0.2, 0) is 6.42 Å². The SMILES string of the molecule is N#CCc1[nH]c(-c2ccc(F)cc2)nc1Br. The van der Waals surface area contributed by atoms with E-state index in [0.29, 0.717) is 10.4 Å². The first-order valence-corrected chi connectivity index (χ1v) is 5.37. The highest BCUT2D eigenvalue weighted by Gasteiger charge is 2.08. The number of nitrogens with zero attached hydrogens (tertiary/aromatic N) is 2. The van der Waals surface area contributed by atoms with Gasteiger partial charge in [0.25, 0.3) is 0 Å². The molecule has 3 nitrogen and oxygen atoms in total. The number of nitriles is 1. The van der Waals surface area contributed by atoms with Crippen LogP contribution in [0.3, 0.4) is 0 Å². The molecule has 0 aliphatic heterocycles. The van der Waals surface area contributed by atoms with Crippen LogP contribution in [0.25, 0.3) is 11.4 Å². The topological polar surface area (TPSA) is 52.5 Å². The molecule has 0 atom stereocenters. The molecule has 0 radical (unpaired) electrons. The summed E-state index contributed by atoms with van der Waals surface area (Å²) in [6.07, 6.45) is 0.259. The predicted molar refractivity (Wildman–Crippen MR) is 61.0 cm³/mol. The van der Waals surface area contributed by atoms with Crippen LogP contribution in [0.15, 0.2) is 28.9 Å². The van der Waals surface area contributed by atoms with Crippen LogP contribution in [0.2, 0.25) is 0 Å². The third kappa shape index (κ3) is 2.12. The molecule has 0 aliphatic rings. The van der Waals surface area contributed by atoms with Gasteiger partial charge >= 0.3 is 0 Å². The number of benzene rings is 1. The Labute approximate surface area is 100 Å². The average molecular weight is 280 g/mol. The van der Waals surface area contributed by atoms with Crippen molar-refractivity contribution in [2.45, 2.75) is 6.42 Å². The first-order chi connectivity index (χ1) is 7.70. The van der Waals surface area contributed by atoms with Gasteiger partial charge < -0.3 is 4.98 Å². The highest BCUT2D eigenvalue weighted by atomic mass is 79.9. The van der Waals surface area contributed by atoms with Crippen LogP contribution in [-0.4, -0.2) is 9.97 Å². The van der Waals surface area contributed by atoms with Crippen molar-refractivity contribution in [3.8, 4) is 17.5 Å². The van der Waals surface area contributed by atoms with Gasteiger partial charge in [0.1, 0.15) is 16.2 Å². The largest absolute Gasteiger partial charge is 0.340 e. The number of rotatable bonds is 2. The van der Waals surface area contributed by atoms with Crippen molar-refractivity contribution < 1.29 is 4.39 Å². The summed E-state index contributed by atoms with van der Waals surface area (Å²) in [6, 6.07) is 8.05. The second kappa shape index (κ2) is 4.45. The number of nitrogens with one attached hydrogen (secondary N) is 1. The molecule has 1 N–H and O–H groups in total. The summed E-state index contributed by atoms with van der Waals surface area (Å²) in [7, 11) is 0. The summed E-state index contributed by atoms with van der Waals surface area (Å²) >= 11 is 3.26. The lowest BCUT2D eigenvalue weighted by molar-refractivity contribution is 0.628. The van der Waals surface area contributed by atoms with Gasteiger partial charge in [-0.05, 0) is 40.2 Å². The first kappa shape index (κ1) is 10.8. The molecule has 80 valence electrons. The molecule has 1 aromatic heterocycles. The Balaban J connectivity index is 2.38. The van der Waals surface area contributed by atoms with E-state index in [1.807, 2.05) is 6.07 Å². The minimum absolute atomic E-state index is 0.259. The van der Waals surface area contributed by atoms with Gasteiger partial charge in [-0.3, -0.25) is 0 Å². The van der Waals surface area contributed by atoms with E-state index in [-0.39, 0.29) is 12.2 Å². The summed E-state index contributed by atoms with van der Waals surface area (Å²) in [6.45, 7) is 0. The van der Waals surface area contributed by atoms with Crippen molar-refractivity contribution in [2.75, 3.05) is 0 Å². The van der Waals surface area contributed by atoms with E-state index >= 15 is 0 Å². The van der Waals surface area contributed by atoms with Crippen molar-refractivity contribution >= 4 is 15.9 Å². The Hall–Kier alpha value is -1.67. The summed E-state index contributed by atoms with van der Waals surface area (Å²) in [5.74, 6) is 0.337. The lowest BCUT2D eigenvalue weighted by atomic mass is 10.2. The van der Waals surface area contributed by atoms with Crippen LogP contribution in [0.4, 0.5) is 4.39 Å². The zero-order valence-corrected chi connectivity index (χ0v) is 9.75. The highest BCUT2D eigenvalue weighted by Crippen LogP contribution is 2.22. The van der Waals surface area contributed by atoms with E-state index in [0.717, 1.165) is 11.3 Å². The molecule has 1 aromatic carbocycles. The van der Waals surface area contributed by atoms with Crippen molar-refractivity contribution in [2.24, 2.45) is 0 Å². The third-order valence-electron chi connectivity index (χ3n) is 2.10. The van der Waals surface area contributed by atoms with Crippen LogP contribution in [0.5, 0.6) is 0 Å². The smallest absolute Gasteiger partial charge is 0.138 e. The fourth-order valence-corrected chi connectivity index (χ4v) is 1.75. The Kier molecular flexibility index (Phi) is 3.02. The second-order valence-corrected chi connectivity index (χ2v) is 3.95. The molecular formula is C11H7BrFN3. The maximum atomic E-state index is 12.7. The average Bonchev–Trinajstić information content (AvgIpc) is 2.62. The van der Waals surface area contributed by atoms with E-state index in [2.05, 4.69) is 25.9 Å². The second-order valence-electron chi connectivity index (χ2n) is 3.20. The van der Waals surface area contributed by atoms with Gasteiger partial charge in [0.05, 0.1) is 18.2 Å². The number of aromatic nitrogens is 2. The number of halogens is 2. The molecule has 0 amide bonds. The minimum atomic E-state index is -0.286. The fraction of sp³-hybridized carbons (Fsp3) is 0.0909. The molecule has 0 fully saturated rings. The summed E-state index contributed by atoms with van der Waals surface area (Å²) in [5, 5.41) is 8.59. The zero-order valence-electron chi connectivity index (χ0n) is 8.17. The number of imidazole rings is 1. The van der Waals surface area contributed by atoms with E-state index < -0.39 is 0 Å². The molecule has 0 aliphatic carbocycles.